The minimum Gasteiger partial charge on any atom is -0.503 e. The van der Waals surface area contributed by atoms with Gasteiger partial charge in [-0.15, -0.1) is 0 Å². The van der Waals surface area contributed by atoms with Crippen molar-refractivity contribution in [3.8, 4) is 5.75 Å². The van der Waals surface area contributed by atoms with E-state index < -0.39 is 23.5 Å². The molecule has 1 aliphatic rings. The maximum atomic E-state index is 13.9. The minimum atomic E-state index is -0.957. The van der Waals surface area contributed by atoms with Crippen LogP contribution < -0.4 is 19.9 Å². The van der Waals surface area contributed by atoms with Crippen molar-refractivity contribution in [3.05, 3.63) is 94.4 Å². The number of carbonyl (C=O) groups excluding carboxylic acids is 3. The molecule has 0 aliphatic carbocycles. The third-order valence-electron chi connectivity index (χ3n) is 6.63. The Morgan fingerprint density at radius 3 is 2.33 bits per heavy atom. The molecular formula is C30H26ClN3O6. The Kier molecular flexibility index (Phi) is 6.99. The highest BCUT2D eigenvalue weighted by Crippen LogP contribution is 2.43. The van der Waals surface area contributed by atoms with Crippen LogP contribution in [0.1, 0.15) is 29.1 Å². The predicted octanol–water partition coefficient (Wildman–Crippen LogP) is 5.90. The third kappa shape index (κ3) is 4.76. The molecule has 1 aromatic heterocycles. The molecule has 204 valence electrons. The Morgan fingerprint density at radius 1 is 1.05 bits per heavy atom. The topological polar surface area (TPSA) is 112 Å². The number of furan rings is 1. The van der Waals surface area contributed by atoms with Crippen molar-refractivity contribution >= 4 is 57.2 Å². The second-order valence-corrected chi connectivity index (χ2v) is 9.96. The molecular weight excluding hydrogens is 534 g/mol. The van der Waals surface area contributed by atoms with Crippen LogP contribution in [0, 0.1) is 0 Å². The largest absolute Gasteiger partial charge is 0.503 e. The van der Waals surface area contributed by atoms with E-state index in [0.29, 0.717) is 38.7 Å². The van der Waals surface area contributed by atoms with Gasteiger partial charge in [0.05, 0.1) is 18.7 Å². The van der Waals surface area contributed by atoms with Gasteiger partial charge in [-0.1, -0.05) is 23.7 Å². The zero-order valence-corrected chi connectivity index (χ0v) is 22.9. The van der Waals surface area contributed by atoms with E-state index in [-0.39, 0.29) is 17.2 Å². The number of rotatable bonds is 7. The molecule has 0 radical (unpaired) electrons. The summed E-state index contributed by atoms with van der Waals surface area (Å²) in [6.07, 6.45) is 0. The van der Waals surface area contributed by atoms with Gasteiger partial charge in [0.1, 0.15) is 0 Å². The van der Waals surface area contributed by atoms with Gasteiger partial charge in [0.15, 0.2) is 22.9 Å². The molecule has 0 fully saturated rings. The minimum absolute atomic E-state index is 0.0808. The van der Waals surface area contributed by atoms with Crippen molar-refractivity contribution < 1.29 is 28.6 Å². The number of halogens is 1. The molecule has 0 saturated carbocycles. The first kappa shape index (κ1) is 26.8. The van der Waals surface area contributed by atoms with Crippen LogP contribution in [0.25, 0.3) is 11.0 Å². The molecule has 0 bridgehead atoms. The molecule has 0 spiro atoms. The summed E-state index contributed by atoms with van der Waals surface area (Å²) < 4.78 is 11.2. The number of aliphatic hydroxyl groups is 1. The predicted molar refractivity (Wildman–Crippen MR) is 154 cm³/mol. The molecule has 3 aromatic carbocycles. The van der Waals surface area contributed by atoms with Gasteiger partial charge in [-0.25, -0.2) is 0 Å². The number of ketones is 1. The number of methoxy groups -OCH3 is 1. The molecule has 2 amide bonds. The number of anilines is 3. The Balaban J connectivity index is 1.62. The zero-order valence-electron chi connectivity index (χ0n) is 22.2. The van der Waals surface area contributed by atoms with Gasteiger partial charge in [0.25, 0.3) is 5.91 Å². The SMILES string of the molecule is COc1cc(Cl)cc2cc(C(=O)C3=C(O)C(=O)N(c4ccc(NC(C)=O)cc4)C3c3ccc(N(C)C)cc3)oc12. The van der Waals surface area contributed by atoms with Crippen LogP contribution in [0.5, 0.6) is 5.75 Å². The molecule has 2 heterocycles. The van der Waals surface area contributed by atoms with Gasteiger partial charge in [-0.05, 0) is 54.1 Å². The fraction of sp³-hybridized carbons (Fsp3) is 0.167. The quantitative estimate of drug-likeness (QED) is 0.271. The van der Waals surface area contributed by atoms with Crippen molar-refractivity contribution in [1.82, 2.24) is 0 Å². The number of benzene rings is 3. The molecule has 9 nitrogen and oxygen atoms in total. The summed E-state index contributed by atoms with van der Waals surface area (Å²) >= 11 is 6.19. The lowest BCUT2D eigenvalue weighted by Crippen LogP contribution is -2.31. The molecule has 1 unspecified atom stereocenters. The van der Waals surface area contributed by atoms with Gasteiger partial charge < -0.3 is 24.5 Å². The van der Waals surface area contributed by atoms with Gasteiger partial charge in [0.2, 0.25) is 11.7 Å². The number of hydrogen-bond donors (Lipinski definition) is 2. The second kappa shape index (κ2) is 10.4. The highest BCUT2D eigenvalue weighted by Gasteiger charge is 2.45. The first-order valence-electron chi connectivity index (χ1n) is 12.3. The summed E-state index contributed by atoms with van der Waals surface area (Å²) in [5.41, 5.74) is 2.68. The summed E-state index contributed by atoms with van der Waals surface area (Å²) in [5, 5.41) is 14.7. The fourth-order valence-electron chi connectivity index (χ4n) is 4.76. The van der Waals surface area contributed by atoms with Gasteiger partial charge in [-0.2, -0.15) is 0 Å². The number of aliphatic hydroxyl groups excluding tert-OH is 1. The number of carbonyl (C=O) groups is 3. The fourth-order valence-corrected chi connectivity index (χ4v) is 4.98. The standard InChI is InChI=1S/C30H26ClN3O6/c1-16(35)32-20-7-11-22(12-8-20)34-26(17-5-9-21(10-6-17)33(2)3)25(28(37)30(34)38)27(36)23-14-18-13-19(31)15-24(39-4)29(18)40-23/h5-15,26,37H,1-4H3,(H,32,35). The average Bonchev–Trinajstić information content (AvgIpc) is 3.47. The van der Waals surface area contributed by atoms with Gasteiger partial charge in [0, 0.05) is 54.6 Å². The lowest BCUT2D eigenvalue weighted by molar-refractivity contribution is -0.117. The Hall–Kier alpha value is -4.76. The first-order chi connectivity index (χ1) is 19.1. The van der Waals surface area contributed by atoms with E-state index >= 15 is 0 Å². The Labute approximate surface area is 235 Å². The Morgan fingerprint density at radius 2 is 1.73 bits per heavy atom. The van der Waals surface area contributed by atoms with Crippen molar-refractivity contribution in [2.75, 3.05) is 36.3 Å². The van der Waals surface area contributed by atoms with E-state index in [1.165, 1.54) is 25.0 Å². The van der Waals surface area contributed by atoms with Crippen molar-refractivity contribution in [3.63, 3.8) is 0 Å². The smallest absolute Gasteiger partial charge is 0.294 e. The molecule has 40 heavy (non-hydrogen) atoms. The van der Waals surface area contributed by atoms with Gasteiger partial charge >= 0.3 is 0 Å². The third-order valence-corrected chi connectivity index (χ3v) is 6.85. The maximum absolute atomic E-state index is 13.9. The van der Waals surface area contributed by atoms with E-state index in [4.69, 9.17) is 20.8 Å². The molecule has 5 rings (SSSR count). The summed E-state index contributed by atoms with van der Waals surface area (Å²) in [6.45, 7) is 1.40. The molecule has 10 heteroatoms. The van der Waals surface area contributed by atoms with Crippen LogP contribution in [0.2, 0.25) is 5.02 Å². The average molecular weight is 560 g/mol. The van der Waals surface area contributed by atoms with E-state index in [9.17, 15) is 19.5 Å². The normalized spacial score (nSPS) is 15.1. The van der Waals surface area contributed by atoms with Crippen molar-refractivity contribution in [2.45, 2.75) is 13.0 Å². The zero-order chi connectivity index (χ0) is 28.7. The van der Waals surface area contributed by atoms with E-state index in [2.05, 4.69) is 5.32 Å². The van der Waals surface area contributed by atoms with Crippen LogP contribution in [0.3, 0.4) is 0 Å². The monoisotopic (exact) mass is 559 g/mol. The Bertz CT molecular complexity index is 1670. The van der Waals surface area contributed by atoms with Crippen LogP contribution in [0.4, 0.5) is 17.1 Å². The summed E-state index contributed by atoms with van der Waals surface area (Å²) in [5.74, 6) is -2.04. The number of ether oxygens (including phenoxy) is 1. The number of nitrogens with zero attached hydrogens (tertiary/aromatic N) is 2. The van der Waals surface area contributed by atoms with E-state index in [1.54, 1.807) is 48.5 Å². The lowest BCUT2D eigenvalue weighted by Gasteiger charge is -2.27. The second-order valence-electron chi connectivity index (χ2n) is 9.52. The molecule has 0 saturated heterocycles. The number of fused-ring (bicyclic) bond motifs is 1. The van der Waals surface area contributed by atoms with Crippen molar-refractivity contribution in [1.29, 1.82) is 0 Å². The number of nitrogens with one attached hydrogen (secondary N) is 1. The van der Waals surface area contributed by atoms with E-state index in [1.807, 2.05) is 31.1 Å². The number of amides is 2. The van der Waals surface area contributed by atoms with Gasteiger partial charge in [-0.3, -0.25) is 19.3 Å². The summed E-state index contributed by atoms with van der Waals surface area (Å²) in [7, 11) is 5.27. The lowest BCUT2D eigenvalue weighted by atomic mass is 9.94. The molecule has 1 aliphatic heterocycles. The molecule has 4 aromatic rings. The van der Waals surface area contributed by atoms with Crippen molar-refractivity contribution in [2.24, 2.45) is 0 Å². The highest BCUT2D eigenvalue weighted by molar-refractivity contribution is 6.31. The summed E-state index contributed by atoms with van der Waals surface area (Å²) in [4.78, 5) is 42.2. The molecule has 2 N–H and O–H groups in total. The van der Waals surface area contributed by atoms with Crippen LogP contribution in [0.15, 0.2) is 82.5 Å². The molecule has 1 atom stereocenters. The van der Waals surface area contributed by atoms with Crippen LogP contribution in [-0.4, -0.2) is 43.9 Å². The van der Waals surface area contributed by atoms with E-state index in [0.717, 1.165) is 5.69 Å². The first-order valence-corrected chi connectivity index (χ1v) is 12.7. The summed E-state index contributed by atoms with van der Waals surface area (Å²) in [6, 6.07) is 17.6. The number of hydrogen-bond acceptors (Lipinski definition) is 7. The van der Waals surface area contributed by atoms with Crippen LogP contribution in [-0.2, 0) is 9.59 Å². The maximum Gasteiger partial charge on any atom is 0.294 e. The van der Waals surface area contributed by atoms with Crippen LogP contribution >= 0.6 is 11.6 Å². The highest BCUT2D eigenvalue weighted by atomic mass is 35.5. The number of Topliss-reactive ketones (excluding diaryl/α,β-unsaturated/α-hetero) is 1.